The highest BCUT2D eigenvalue weighted by atomic mass is 16.5. The lowest BCUT2D eigenvalue weighted by Crippen LogP contribution is -2.55. The molecule has 3 heteroatoms. The fourth-order valence-electron chi connectivity index (χ4n) is 2.48. The van der Waals surface area contributed by atoms with Gasteiger partial charge in [-0.2, -0.15) is 0 Å². The van der Waals surface area contributed by atoms with Crippen LogP contribution in [0.5, 0.6) is 0 Å². The summed E-state index contributed by atoms with van der Waals surface area (Å²) < 4.78 is 5.26. The van der Waals surface area contributed by atoms with Gasteiger partial charge >= 0.3 is 0 Å². The number of rotatable bonds is 5. The molecule has 0 aromatic carbocycles. The van der Waals surface area contributed by atoms with E-state index in [2.05, 4.69) is 11.8 Å². The van der Waals surface area contributed by atoms with Crippen molar-refractivity contribution in [1.29, 1.82) is 0 Å². The van der Waals surface area contributed by atoms with Crippen LogP contribution in [-0.4, -0.2) is 44.3 Å². The molecule has 2 N–H and O–H groups in total. The maximum absolute atomic E-state index is 5.49. The van der Waals surface area contributed by atoms with Gasteiger partial charge in [0, 0.05) is 25.0 Å². The van der Waals surface area contributed by atoms with Gasteiger partial charge in [0.1, 0.15) is 0 Å². The van der Waals surface area contributed by atoms with Crippen molar-refractivity contribution in [2.24, 2.45) is 17.1 Å². The first kappa shape index (κ1) is 10.4. The first-order chi connectivity index (χ1) is 6.72. The van der Waals surface area contributed by atoms with E-state index in [1.807, 2.05) is 0 Å². The molecule has 0 bridgehead atoms. The minimum atomic E-state index is 0.457. The van der Waals surface area contributed by atoms with Gasteiger partial charge in [0.25, 0.3) is 0 Å². The number of likely N-dealkylation sites (tertiary alicyclic amines) is 1. The van der Waals surface area contributed by atoms with E-state index in [0.717, 1.165) is 25.7 Å². The van der Waals surface area contributed by atoms with Crippen LogP contribution < -0.4 is 5.73 Å². The Morgan fingerprint density at radius 2 is 2.14 bits per heavy atom. The number of nitrogens with two attached hydrogens (primary N) is 1. The van der Waals surface area contributed by atoms with Gasteiger partial charge < -0.3 is 15.4 Å². The fraction of sp³-hybridized carbons (Fsp3) is 1.00. The molecular weight excluding hydrogens is 176 g/mol. The van der Waals surface area contributed by atoms with Gasteiger partial charge in [-0.25, -0.2) is 0 Å². The Bertz CT molecular complexity index is 186. The molecule has 0 saturated carbocycles. The van der Waals surface area contributed by atoms with Crippen molar-refractivity contribution in [3.8, 4) is 0 Å². The summed E-state index contributed by atoms with van der Waals surface area (Å²) in [4.78, 5) is 2.56. The van der Waals surface area contributed by atoms with E-state index in [1.165, 1.54) is 32.5 Å². The van der Waals surface area contributed by atoms with E-state index >= 15 is 0 Å². The summed E-state index contributed by atoms with van der Waals surface area (Å²) in [5.74, 6) is 0.920. The van der Waals surface area contributed by atoms with Gasteiger partial charge in [-0.3, -0.25) is 0 Å². The van der Waals surface area contributed by atoms with Crippen LogP contribution >= 0.6 is 0 Å². The normalized spacial score (nSPS) is 27.0. The molecule has 3 nitrogen and oxygen atoms in total. The summed E-state index contributed by atoms with van der Waals surface area (Å²) >= 11 is 0. The van der Waals surface area contributed by atoms with E-state index in [0.29, 0.717) is 5.41 Å². The van der Waals surface area contributed by atoms with Crippen molar-refractivity contribution in [3.63, 3.8) is 0 Å². The lowest BCUT2D eigenvalue weighted by molar-refractivity contribution is -0.126. The van der Waals surface area contributed by atoms with E-state index in [1.54, 1.807) is 0 Å². The number of hydrogen-bond acceptors (Lipinski definition) is 3. The summed E-state index contributed by atoms with van der Waals surface area (Å²) in [7, 11) is 0. The summed E-state index contributed by atoms with van der Waals surface area (Å²) in [6, 6.07) is 0. The Balaban J connectivity index is 1.58. The minimum absolute atomic E-state index is 0.457. The van der Waals surface area contributed by atoms with Crippen molar-refractivity contribution in [3.05, 3.63) is 0 Å². The Morgan fingerprint density at radius 1 is 1.43 bits per heavy atom. The first-order valence-electron chi connectivity index (χ1n) is 5.72. The standard InChI is InChI=1S/C11H22N2O/c1-11(8-14-9-11)7-13-5-10(6-13)3-2-4-12/h10H,2-9,12H2,1H3. The molecule has 14 heavy (non-hydrogen) atoms. The summed E-state index contributed by atoms with van der Waals surface area (Å²) in [5.41, 5.74) is 5.95. The molecule has 0 aliphatic carbocycles. The Labute approximate surface area is 86.6 Å². The molecule has 0 radical (unpaired) electrons. The van der Waals surface area contributed by atoms with Gasteiger partial charge in [0.05, 0.1) is 13.2 Å². The van der Waals surface area contributed by atoms with Crippen molar-refractivity contribution in [2.45, 2.75) is 19.8 Å². The SMILES string of the molecule is CC1(CN2CC(CCCN)C2)COC1. The van der Waals surface area contributed by atoms with Crippen LogP contribution in [0.2, 0.25) is 0 Å². The molecule has 0 spiro atoms. The number of hydrogen-bond donors (Lipinski definition) is 1. The van der Waals surface area contributed by atoms with Crippen molar-refractivity contribution in [1.82, 2.24) is 4.90 Å². The fourth-order valence-corrected chi connectivity index (χ4v) is 2.48. The lowest BCUT2D eigenvalue weighted by Gasteiger charge is -2.47. The van der Waals surface area contributed by atoms with Gasteiger partial charge in [0.15, 0.2) is 0 Å². The van der Waals surface area contributed by atoms with Gasteiger partial charge in [-0.1, -0.05) is 6.92 Å². The number of ether oxygens (including phenoxy) is 1. The molecule has 0 aromatic rings. The topological polar surface area (TPSA) is 38.5 Å². The second-order valence-corrected chi connectivity index (χ2v) is 5.29. The Kier molecular flexibility index (Phi) is 3.10. The highest BCUT2D eigenvalue weighted by Gasteiger charge is 2.38. The van der Waals surface area contributed by atoms with Crippen LogP contribution in [0.25, 0.3) is 0 Å². The maximum Gasteiger partial charge on any atom is 0.0554 e. The lowest BCUT2D eigenvalue weighted by atomic mass is 9.85. The third-order valence-electron chi connectivity index (χ3n) is 3.36. The van der Waals surface area contributed by atoms with Gasteiger partial charge in [0.2, 0.25) is 0 Å². The van der Waals surface area contributed by atoms with Crippen LogP contribution in [0.15, 0.2) is 0 Å². The Hall–Kier alpha value is -0.120. The second-order valence-electron chi connectivity index (χ2n) is 5.29. The molecule has 2 fully saturated rings. The van der Waals surface area contributed by atoms with E-state index < -0.39 is 0 Å². The zero-order valence-electron chi connectivity index (χ0n) is 9.17. The molecule has 0 atom stereocenters. The molecule has 2 aliphatic heterocycles. The summed E-state index contributed by atoms with van der Waals surface area (Å²) in [5, 5.41) is 0. The monoisotopic (exact) mass is 198 g/mol. The third kappa shape index (κ3) is 2.27. The molecule has 82 valence electrons. The molecule has 2 saturated heterocycles. The van der Waals surface area contributed by atoms with Crippen LogP contribution in [-0.2, 0) is 4.74 Å². The van der Waals surface area contributed by atoms with Crippen LogP contribution in [0.3, 0.4) is 0 Å². The van der Waals surface area contributed by atoms with E-state index in [4.69, 9.17) is 10.5 Å². The predicted octanol–water partition coefficient (Wildman–Crippen LogP) is 0.694. The molecule has 2 aliphatic rings. The zero-order valence-corrected chi connectivity index (χ0v) is 9.17. The van der Waals surface area contributed by atoms with Crippen molar-refractivity contribution in [2.75, 3.05) is 39.4 Å². The maximum atomic E-state index is 5.49. The zero-order chi connectivity index (χ0) is 10.0. The predicted molar refractivity (Wildman–Crippen MR) is 57.1 cm³/mol. The second kappa shape index (κ2) is 4.17. The smallest absolute Gasteiger partial charge is 0.0554 e. The number of nitrogens with zero attached hydrogens (tertiary/aromatic N) is 1. The Morgan fingerprint density at radius 3 is 2.64 bits per heavy atom. The summed E-state index contributed by atoms with van der Waals surface area (Å²) in [6.45, 7) is 8.89. The third-order valence-corrected chi connectivity index (χ3v) is 3.36. The average Bonchev–Trinajstić information content (AvgIpc) is 2.06. The largest absolute Gasteiger partial charge is 0.380 e. The molecule has 0 aromatic heterocycles. The van der Waals surface area contributed by atoms with E-state index in [9.17, 15) is 0 Å². The minimum Gasteiger partial charge on any atom is -0.380 e. The van der Waals surface area contributed by atoms with E-state index in [-0.39, 0.29) is 0 Å². The molecule has 0 amide bonds. The summed E-state index contributed by atoms with van der Waals surface area (Å²) in [6.07, 6.45) is 2.51. The van der Waals surface area contributed by atoms with Crippen molar-refractivity contribution >= 4 is 0 Å². The van der Waals surface area contributed by atoms with Gasteiger partial charge in [-0.15, -0.1) is 0 Å². The quantitative estimate of drug-likeness (QED) is 0.706. The first-order valence-corrected chi connectivity index (χ1v) is 5.72. The molecule has 0 unspecified atom stereocenters. The molecule has 2 heterocycles. The average molecular weight is 198 g/mol. The van der Waals surface area contributed by atoms with Crippen LogP contribution in [0.4, 0.5) is 0 Å². The molecule has 2 rings (SSSR count). The highest BCUT2D eigenvalue weighted by Crippen LogP contribution is 2.31. The van der Waals surface area contributed by atoms with Crippen LogP contribution in [0.1, 0.15) is 19.8 Å². The van der Waals surface area contributed by atoms with Gasteiger partial charge in [-0.05, 0) is 25.3 Å². The highest BCUT2D eigenvalue weighted by molar-refractivity contribution is 4.89. The molecular formula is C11H22N2O. The van der Waals surface area contributed by atoms with Crippen LogP contribution in [0, 0.1) is 11.3 Å². The van der Waals surface area contributed by atoms with Crippen molar-refractivity contribution < 1.29 is 4.74 Å².